The number of aliphatic hydroxyl groups is 1. The molecule has 1 N–H and O–H groups in total. The number of thioether (sulfide) groups is 1. The van der Waals surface area contributed by atoms with Crippen LogP contribution in [0.5, 0.6) is 0 Å². The maximum Gasteiger partial charge on any atom is 0.509 e. The van der Waals surface area contributed by atoms with Gasteiger partial charge in [-0.1, -0.05) is 19.4 Å². The second-order valence-corrected chi connectivity index (χ2v) is 11.4. The minimum absolute atomic E-state index is 0.0179. The lowest BCUT2D eigenvalue weighted by Crippen LogP contribution is -2.63. The van der Waals surface area contributed by atoms with Gasteiger partial charge in [0.05, 0.1) is 12.7 Å². The van der Waals surface area contributed by atoms with Crippen LogP contribution in [0.25, 0.3) is 0 Å². The maximum atomic E-state index is 13.4. The molecule has 8 heteroatoms. The first-order chi connectivity index (χ1) is 15.6. The van der Waals surface area contributed by atoms with E-state index in [9.17, 15) is 19.5 Å². The Morgan fingerprint density at radius 1 is 1.18 bits per heavy atom. The molecular weight excluding hydrogens is 444 g/mol. The van der Waals surface area contributed by atoms with Crippen molar-refractivity contribution in [2.45, 2.75) is 77.4 Å². The summed E-state index contributed by atoms with van der Waals surface area (Å²) >= 11 is 1.38. The number of hydrogen-bond donors (Lipinski definition) is 1. The minimum atomic E-state index is -1.48. The number of esters is 1. The molecule has 0 saturated heterocycles. The van der Waals surface area contributed by atoms with E-state index in [0.29, 0.717) is 25.7 Å². The van der Waals surface area contributed by atoms with Gasteiger partial charge in [-0.2, -0.15) is 0 Å². The van der Waals surface area contributed by atoms with Crippen LogP contribution in [0.4, 0.5) is 4.79 Å². The van der Waals surface area contributed by atoms with Crippen molar-refractivity contribution in [3.05, 3.63) is 11.6 Å². The molecule has 0 radical (unpaired) electrons. The highest BCUT2D eigenvalue weighted by molar-refractivity contribution is 7.98. The zero-order valence-electron chi connectivity index (χ0n) is 20.1. The average Bonchev–Trinajstić information content (AvgIpc) is 3.04. The van der Waals surface area contributed by atoms with Crippen LogP contribution in [-0.2, 0) is 23.8 Å². The van der Waals surface area contributed by atoms with Crippen LogP contribution in [0.15, 0.2) is 11.6 Å². The standard InChI is InChI=1S/C25H36O7S/c1-5-30-22(29)32-25(21(28)31-14-33-4)11-9-18-17-7-6-15-12-16(26)8-10-23(15,2)20(17)19(27)13-24(18,25)3/h12,17-20,27H,5-11,13-14H2,1-4H3/t17?,18?,19?,20?,23?,24?,25-/m0/s1. The van der Waals surface area contributed by atoms with Crippen molar-refractivity contribution in [2.75, 3.05) is 18.8 Å². The van der Waals surface area contributed by atoms with Crippen LogP contribution in [0.1, 0.15) is 65.7 Å². The zero-order chi connectivity index (χ0) is 24.0. The Morgan fingerprint density at radius 2 is 1.94 bits per heavy atom. The molecule has 6 unspecified atom stereocenters. The first kappa shape index (κ1) is 24.6. The van der Waals surface area contributed by atoms with Crippen LogP contribution in [-0.4, -0.2) is 53.5 Å². The van der Waals surface area contributed by atoms with E-state index >= 15 is 0 Å². The molecule has 0 aliphatic heterocycles. The Balaban J connectivity index is 1.71. The molecule has 4 aliphatic rings. The zero-order valence-corrected chi connectivity index (χ0v) is 20.9. The van der Waals surface area contributed by atoms with Crippen molar-refractivity contribution in [3.8, 4) is 0 Å². The Bertz CT molecular complexity index is 856. The molecular formula is C25H36O7S. The summed E-state index contributed by atoms with van der Waals surface area (Å²) in [6.07, 6.45) is 6.44. The smallest absolute Gasteiger partial charge is 0.452 e. The van der Waals surface area contributed by atoms with E-state index in [1.54, 1.807) is 6.92 Å². The summed E-state index contributed by atoms with van der Waals surface area (Å²) in [6, 6.07) is 0. The lowest BCUT2D eigenvalue weighted by Gasteiger charge is -2.60. The molecule has 0 aromatic heterocycles. The second-order valence-electron chi connectivity index (χ2n) is 10.6. The van der Waals surface area contributed by atoms with Crippen LogP contribution >= 0.6 is 11.8 Å². The van der Waals surface area contributed by atoms with Crippen LogP contribution in [0.3, 0.4) is 0 Å². The van der Waals surface area contributed by atoms with Crippen molar-refractivity contribution in [3.63, 3.8) is 0 Å². The van der Waals surface area contributed by atoms with E-state index < -0.39 is 29.2 Å². The third-order valence-electron chi connectivity index (χ3n) is 9.17. The summed E-state index contributed by atoms with van der Waals surface area (Å²) in [5, 5.41) is 11.6. The molecule has 0 bridgehead atoms. The predicted octanol–water partition coefficient (Wildman–Crippen LogP) is 4.26. The summed E-state index contributed by atoms with van der Waals surface area (Å²) in [6.45, 7) is 6.01. The van der Waals surface area contributed by atoms with Gasteiger partial charge in [-0.15, -0.1) is 11.8 Å². The molecule has 33 heavy (non-hydrogen) atoms. The Kier molecular flexibility index (Phi) is 6.64. The van der Waals surface area contributed by atoms with Crippen LogP contribution < -0.4 is 0 Å². The molecule has 184 valence electrons. The van der Waals surface area contributed by atoms with Gasteiger partial charge in [0.15, 0.2) is 5.78 Å². The summed E-state index contributed by atoms with van der Waals surface area (Å²) in [5.74, 6) is 0.0851. The highest BCUT2D eigenvalue weighted by Crippen LogP contribution is 2.68. The monoisotopic (exact) mass is 480 g/mol. The van der Waals surface area contributed by atoms with Gasteiger partial charge in [0.2, 0.25) is 5.60 Å². The van der Waals surface area contributed by atoms with Gasteiger partial charge in [-0.25, -0.2) is 9.59 Å². The molecule has 0 spiro atoms. The van der Waals surface area contributed by atoms with E-state index in [0.717, 1.165) is 24.8 Å². The van der Waals surface area contributed by atoms with Gasteiger partial charge in [0.25, 0.3) is 0 Å². The molecule has 4 rings (SSSR count). The number of aliphatic hydroxyl groups excluding tert-OH is 1. The third-order valence-corrected chi connectivity index (χ3v) is 9.53. The lowest BCUT2D eigenvalue weighted by molar-refractivity contribution is -0.201. The number of carbonyl (C=O) groups excluding carboxylic acids is 3. The van der Waals surface area contributed by atoms with Crippen LogP contribution in [0, 0.1) is 28.6 Å². The first-order valence-electron chi connectivity index (χ1n) is 12.1. The molecule has 7 nitrogen and oxygen atoms in total. The van der Waals surface area contributed by atoms with Gasteiger partial charge in [-0.05, 0) is 80.9 Å². The fourth-order valence-corrected chi connectivity index (χ4v) is 7.96. The molecule has 0 heterocycles. The summed E-state index contributed by atoms with van der Waals surface area (Å²) in [7, 11) is 0. The SMILES string of the molecule is CCOC(=O)O[C@]1(C(=O)OCSC)CCC2C3CCC4=CC(=O)CCC4(C)C3C(O)CC21C. The van der Waals surface area contributed by atoms with Gasteiger partial charge in [0, 0.05) is 11.8 Å². The minimum Gasteiger partial charge on any atom is -0.452 e. The summed E-state index contributed by atoms with van der Waals surface area (Å²) < 4.78 is 16.4. The van der Waals surface area contributed by atoms with E-state index in [1.165, 1.54) is 11.8 Å². The Morgan fingerprint density at radius 3 is 2.64 bits per heavy atom. The quantitative estimate of drug-likeness (QED) is 0.460. The highest BCUT2D eigenvalue weighted by atomic mass is 32.2. The highest BCUT2D eigenvalue weighted by Gasteiger charge is 2.71. The number of hydrogen-bond acceptors (Lipinski definition) is 8. The normalized spacial score (nSPS) is 41.8. The van der Waals surface area contributed by atoms with E-state index in [2.05, 4.69) is 6.92 Å². The molecule has 3 fully saturated rings. The fourth-order valence-electron chi connectivity index (χ4n) is 7.74. The number of carbonyl (C=O) groups is 3. The Labute approximate surface area is 200 Å². The van der Waals surface area contributed by atoms with E-state index in [-0.39, 0.29) is 41.5 Å². The maximum absolute atomic E-state index is 13.4. The van der Waals surface area contributed by atoms with E-state index in [1.807, 2.05) is 19.3 Å². The number of allylic oxidation sites excluding steroid dienone is 1. The number of ether oxygens (including phenoxy) is 3. The number of rotatable bonds is 5. The molecule has 3 saturated carbocycles. The number of fused-ring (bicyclic) bond motifs is 5. The van der Waals surface area contributed by atoms with Crippen molar-refractivity contribution in [1.82, 2.24) is 0 Å². The van der Waals surface area contributed by atoms with Crippen molar-refractivity contribution >= 4 is 29.7 Å². The molecule has 0 aromatic carbocycles. The van der Waals surface area contributed by atoms with Crippen molar-refractivity contribution in [1.29, 1.82) is 0 Å². The van der Waals surface area contributed by atoms with Gasteiger partial charge < -0.3 is 19.3 Å². The fraction of sp³-hybridized carbons (Fsp3) is 0.800. The van der Waals surface area contributed by atoms with Gasteiger partial charge >= 0.3 is 12.1 Å². The summed E-state index contributed by atoms with van der Waals surface area (Å²) in [4.78, 5) is 38.0. The molecule has 0 aromatic rings. The van der Waals surface area contributed by atoms with Gasteiger partial charge in [0.1, 0.15) is 5.94 Å². The van der Waals surface area contributed by atoms with Gasteiger partial charge in [-0.3, -0.25) is 4.79 Å². The predicted molar refractivity (Wildman–Crippen MR) is 123 cm³/mol. The second kappa shape index (κ2) is 8.91. The molecule has 7 atom stereocenters. The largest absolute Gasteiger partial charge is 0.509 e. The average molecular weight is 481 g/mol. The molecule has 4 aliphatic carbocycles. The third kappa shape index (κ3) is 3.72. The number of ketones is 1. The van der Waals surface area contributed by atoms with E-state index in [4.69, 9.17) is 14.2 Å². The van der Waals surface area contributed by atoms with Crippen LogP contribution in [0.2, 0.25) is 0 Å². The Hall–Kier alpha value is -1.54. The molecule has 0 amide bonds. The first-order valence-corrected chi connectivity index (χ1v) is 13.5. The topological polar surface area (TPSA) is 99.1 Å². The summed E-state index contributed by atoms with van der Waals surface area (Å²) in [5.41, 5.74) is -1.30. The van der Waals surface area contributed by atoms with Crippen molar-refractivity contribution in [2.24, 2.45) is 28.6 Å². The lowest BCUT2D eigenvalue weighted by atomic mass is 9.45. The van der Waals surface area contributed by atoms with Crippen molar-refractivity contribution < 1.29 is 33.7 Å².